The molecule has 0 spiro atoms. The van der Waals surface area contributed by atoms with Crippen LogP contribution in [0.2, 0.25) is 0 Å². The van der Waals surface area contributed by atoms with E-state index in [0.29, 0.717) is 11.9 Å². The summed E-state index contributed by atoms with van der Waals surface area (Å²) in [5.41, 5.74) is 3.12. The van der Waals surface area contributed by atoms with Crippen molar-refractivity contribution in [2.24, 2.45) is 4.99 Å². The van der Waals surface area contributed by atoms with E-state index in [-0.39, 0.29) is 0 Å². The number of aromatic nitrogens is 2. The Bertz CT molecular complexity index is 848. The highest BCUT2D eigenvalue weighted by Gasteiger charge is 2.22. The highest BCUT2D eigenvalue weighted by atomic mass is 32.2. The number of hydrogen-bond donors (Lipinski definition) is 1. The van der Waals surface area contributed by atoms with Crippen LogP contribution in [0.4, 0.5) is 5.82 Å². The number of aryl methyl sites for hydroxylation is 2. The zero-order valence-corrected chi connectivity index (χ0v) is 19.7. The van der Waals surface area contributed by atoms with Crippen LogP contribution >= 0.6 is 23.1 Å². The number of pyridine rings is 1. The Kier molecular flexibility index (Phi) is 8.87. The van der Waals surface area contributed by atoms with E-state index in [1.165, 1.54) is 18.4 Å². The van der Waals surface area contributed by atoms with Gasteiger partial charge in [-0.25, -0.2) is 9.97 Å². The van der Waals surface area contributed by atoms with Crippen molar-refractivity contribution in [3.8, 4) is 0 Å². The van der Waals surface area contributed by atoms with Gasteiger partial charge in [-0.2, -0.15) is 0 Å². The van der Waals surface area contributed by atoms with E-state index in [2.05, 4.69) is 51.0 Å². The maximum absolute atomic E-state index is 5.65. The molecule has 162 valence electrons. The van der Waals surface area contributed by atoms with E-state index in [0.717, 1.165) is 53.4 Å². The molecule has 30 heavy (non-hydrogen) atoms. The number of ether oxygens (including phenoxy) is 1. The second-order valence-corrected chi connectivity index (χ2v) is 9.40. The molecule has 0 unspecified atom stereocenters. The van der Waals surface area contributed by atoms with Crippen molar-refractivity contribution in [1.29, 1.82) is 0 Å². The van der Waals surface area contributed by atoms with Crippen molar-refractivity contribution in [3.05, 3.63) is 44.9 Å². The molecule has 1 fully saturated rings. The Labute approximate surface area is 187 Å². The van der Waals surface area contributed by atoms with Gasteiger partial charge >= 0.3 is 0 Å². The molecule has 0 aliphatic carbocycles. The van der Waals surface area contributed by atoms with Crippen molar-refractivity contribution in [2.75, 3.05) is 31.0 Å². The first-order chi connectivity index (χ1) is 14.6. The average Bonchev–Trinajstić information content (AvgIpc) is 3.08. The third kappa shape index (κ3) is 6.38. The van der Waals surface area contributed by atoms with Crippen LogP contribution in [0, 0.1) is 13.8 Å². The lowest BCUT2D eigenvalue weighted by Crippen LogP contribution is -2.44. The van der Waals surface area contributed by atoms with Crippen LogP contribution in [0.25, 0.3) is 5.70 Å². The summed E-state index contributed by atoms with van der Waals surface area (Å²) in [6, 6.07) is 4.73. The minimum Gasteiger partial charge on any atom is -0.378 e. The fourth-order valence-corrected chi connectivity index (χ4v) is 5.16. The molecular formula is C22H31N5OS2. The van der Waals surface area contributed by atoms with Gasteiger partial charge in [0.2, 0.25) is 0 Å². The van der Waals surface area contributed by atoms with E-state index in [9.17, 15) is 0 Å². The average molecular weight is 446 g/mol. The molecule has 0 saturated carbocycles. The Morgan fingerprint density at radius 3 is 3.00 bits per heavy atom. The Morgan fingerprint density at radius 1 is 1.47 bits per heavy atom. The zero-order chi connectivity index (χ0) is 21.3. The van der Waals surface area contributed by atoms with Gasteiger partial charge in [0, 0.05) is 25.3 Å². The van der Waals surface area contributed by atoms with Gasteiger partial charge in [0.15, 0.2) is 0 Å². The predicted molar refractivity (Wildman–Crippen MR) is 129 cm³/mol. The minimum atomic E-state index is 0.517. The molecule has 0 amide bonds. The highest BCUT2D eigenvalue weighted by molar-refractivity contribution is 8.02. The first-order valence-corrected chi connectivity index (χ1v) is 12.2. The molecule has 2 aromatic rings. The monoisotopic (exact) mass is 445 g/mol. The number of hydrogen-bond acceptors (Lipinski definition) is 8. The molecule has 0 radical (unpaired) electrons. The zero-order valence-electron chi connectivity index (χ0n) is 18.1. The third-order valence-electron chi connectivity index (χ3n) is 5.02. The van der Waals surface area contributed by atoms with Gasteiger partial charge in [-0.3, -0.25) is 9.89 Å². The SMILES string of the molecule is C=N/C(=C\SCNc1ccc(CN2CCOC[C@@H]2CCC)cn1)c1sc(C)nc1C. The maximum Gasteiger partial charge on any atom is 0.126 e. The standard InChI is InChI=1S/C22H31N5OS2/c1-5-6-19-13-28-10-9-27(19)12-18-7-8-21(24-11-18)25-15-29-14-20(23-4)22-16(2)26-17(3)30-22/h7-8,11,14,19H,4-6,9-10,12-13,15H2,1-3H3,(H,24,25)/b20-14-/t19-/m0/s1. The molecule has 2 aromatic heterocycles. The number of thiazole rings is 1. The van der Waals surface area contributed by atoms with Crippen LogP contribution in [0.1, 0.15) is 40.9 Å². The molecular weight excluding hydrogens is 414 g/mol. The molecule has 3 heterocycles. The lowest BCUT2D eigenvalue weighted by atomic mass is 10.1. The first kappa shape index (κ1) is 22.9. The molecule has 3 rings (SSSR count). The maximum atomic E-state index is 5.65. The Morgan fingerprint density at radius 2 is 2.33 bits per heavy atom. The number of morpholine rings is 1. The van der Waals surface area contributed by atoms with Crippen LogP contribution in [-0.2, 0) is 11.3 Å². The first-order valence-electron chi connectivity index (χ1n) is 10.3. The normalized spacial score (nSPS) is 17.8. The molecule has 1 saturated heterocycles. The molecule has 1 N–H and O–H groups in total. The largest absolute Gasteiger partial charge is 0.378 e. The number of nitrogens with one attached hydrogen (secondary N) is 1. The van der Waals surface area contributed by atoms with Crippen molar-refractivity contribution >= 4 is 41.3 Å². The van der Waals surface area contributed by atoms with Crippen molar-refractivity contribution in [3.63, 3.8) is 0 Å². The molecule has 6 nitrogen and oxygen atoms in total. The second kappa shape index (κ2) is 11.6. The van der Waals surface area contributed by atoms with E-state index in [1.807, 2.05) is 25.5 Å². The van der Waals surface area contributed by atoms with E-state index < -0.39 is 0 Å². The van der Waals surface area contributed by atoms with Gasteiger partial charge < -0.3 is 10.1 Å². The van der Waals surface area contributed by atoms with Crippen molar-refractivity contribution in [1.82, 2.24) is 14.9 Å². The molecule has 1 atom stereocenters. The summed E-state index contributed by atoms with van der Waals surface area (Å²) >= 11 is 3.29. The summed E-state index contributed by atoms with van der Waals surface area (Å²) in [7, 11) is 0. The van der Waals surface area contributed by atoms with Gasteiger partial charge in [0.25, 0.3) is 0 Å². The smallest absolute Gasteiger partial charge is 0.126 e. The lowest BCUT2D eigenvalue weighted by molar-refractivity contribution is -0.0147. The molecule has 0 bridgehead atoms. The van der Waals surface area contributed by atoms with Crippen LogP contribution < -0.4 is 5.32 Å². The third-order valence-corrected chi connectivity index (χ3v) is 6.82. The number of aliphatic imine (C=N–C) groups is 1. The van der Waals surface area contributed by atoms with Gasteiger partial charge in [-0.1, -0.05) is 19.4 Å². The Balaban J connectivity index is 1.49. The van der Waals surface area contributed by atoms with Gasteiger partial charge in [0.1, 0.15) is 5.82 Å². The summed E-state index contributed by atoms with van der Waals surface area (Å²) in [6.45, 7) is 13.5. The summed E-state index contributed by atoms with van der Waals surface area (Å²) < 4.78 is 5.65. The topological polar surface area (TPSA) is 62.6 Å². The predicted octanol–water partition coefficient (Wildman–Crippen LogP) is 4.96. The fourth-order valence-electron chi connectivity index (χ4n) is 3.52. The van der Waals surface area contributed by atoms with E-state index in [1.54, 1.807) is 23.1 Å². The quantitative estimate of drug-likeness (QED) is 0.317. The van der Waals surface area contributed by atoms with Crippen LogP contribution in [0.3, 0.4) is 0 Å². The number of nitrogens with zero attached hydrogens (tertiary/aromatic N) is 4. The summed E-state index contributed by atoms with van der Waals surface area (Å²) in [6.07, 6.45) is 4.34. The molecule has 1 aliphatic heterocycles. The van der Waals surface area contributed by atoms with Crippen LogP contribution in [0.15, 0.2) is 28.7 Å². The fraction of sp³-hybridized carbons (Fsp3) is 0.500. The minimum absolute atomic E-state index is 0.517. The summed E-state index contributed by atoms with van der Waals surface area (Å²) in [5.74, 6) is 1.59. The summed E-state index contributed by atoms with van der Waals surface area (Å²) in [5, 5.41) is 6.43. The second-order valence-electron chi connectivity index (χ2n) is 7.34. The van der Waals surface area contributed by atoms with Gasteiger partial charge in [0.05, 0.1) is 40.4 Å². The van der Waals surface area contributed by atoms with Crippen LogP contribution in [-0.4, -0.2) is 53.3 Å². The molecule has 0 aromatic carbocycles. The van der Waals surface area contributed by atoms with E-state index in [4.69, 9.17) is 4.74 Å². The van der Waals surface area contributed by atoms with Crippen molar-refractivity contribution < 1.29 is 4.74 Å². The number of rotatable bonds is 10. The molecule has 1 aliphatic rings. The highest BCUT2D eigenvalue weighted by Crippen LogP contribution is 2.28. The van der Waals surface area contributed by atoms with Gasteiger partial charge in [-0.05, 0) is 44.0 Å². The number of anilines is 1. The van der Waals surface area contributed by atoms with Crippen molar-refractivity contribution in [2.45, 2.75) is 46.2 Å². The molecule has 8 heteroatoms. The Hall–Kier alpha value is -1.74. The number of thioether (sulfide) groups is 1. The lowest BCUT2D eigenvalue weighted by Gasteiger charge is -2.35. The van der Waals surface area contributed by atoms with Crippen LogP contribution in [0.5, 0.6) is 0 Å². The summed E-state index contributed by atoms with van der Waals surface area (Å²) in [4.78, 5) is 16.8. The van der Waals surface area contributed by atoms with Gasteiger partial charge in [-0.15, -0.1) is 23.1 Å². The van der Waals surface area contributed by atoms with E-state index >= 15 is 0 Å².